The van der Waals surface area contributed by atoms with Gasteiger partial charge in [0.25, 0.3) is 0 Å². The van der Waals surface area contributed by atoms with Crippen molar-refractivity contribution in [3.8, 4) is 0 Å². The molecule has 0 spiro atoms. The second kappa shape index (κ2) is 8.28. The Morgan fingerprint density at radius 2 is 1.56 bits per heavy atom. The van der Waals surface area contributed by atoms with Gasteiger partial charge in [-0.2, -0.15) is 0 Å². The molecule has 2 aromatic rings. The Morgan fingerprint density at radius 3 is 2.11 bits per heavy atom. The molecule has 144 valence electrons. The summed E-state index contributed by atoms with van der Waals surface area (Å²) in [6.07, 6.45) is 1.88. The Bertz CT molecular complexity index is 766. The van der Waals surface area contributed by atoms with Gasteiger partial charge >= 0.3 is 0 Å². The fourth-order valence-corrected chi connectivity index (χ4v) is 3.60. The summed E-state index contributed by atoms with van der Waals surface area (Å²) in [5, 5.41) is 10.9. The van der Waals surface area contributed by atoms with Gasteiger partial charge in [0.2, 0.25) is 0 Å². The van der Waals surface area contributed by atoms with Gasteiger partial charge in [-0.05, 0) is 67.8 Å². The average Bonchev–Trinajstić information content (AvgIpc) is 2.68. The summed E-state index contributed by atoms with van der Waals surface area (Å²) in [6, 6.07) is 11.7. The molecule has 3 nitrogen and oxygen atoms in total. The molecule has 1 unspecified atom stereocenters. The molecular formula is C22H25F2NO2. The normalized spacial score (nSPS) is 18.2. The maximum atomic E-state index is 13.1. The topological polar surface area (TPSA) is 40.5 Å². The van der Waals surface area contributed by atoms with Gasteiger partial charge in [-0.25, -0.2) is 8.78 Å². The largest absolute Gasteiger partial charge is 0.385 e. The van der Waals surface area contributed by atoms with Crippen molar-refractivity contribution in [2.75, 3.05) is 19.6 Å². The highest BCUT2D eigenvalue weighted by molar-refractivity contribution is 5.97. The maximum absolute atomic E-state index is 13.1. The van der Waals surface area contributed by atoms with E-state index in [1.165, 1.54) is 36.4 Å². The van der Waals surface area contributed by atoms with Gasteiger partial charge in [0.05, 0.1) is 5.60 Å². The first-order valence-corrected chi connectivity index (χ1v) is 9.38. The zero-order chi connectivity index (χ0) is 19.4. The minimum absolute atomic E-state index is 0.0230. The Morgan fingerprint density at radius 1 is 1.04 bits per heavy atom. The molecule has 3 rings (SSSR count). The van der Waals surface area contributed by atoms with E-state index in [2.05, 4.69) is 4.90 Å². The lowest BCUT2D eigenvalue weighted by atomic mass is 9.84. The summed E-state index contributed by atoms with van der Waals surface area (Å²) in [6.45, 7) is 4.12. The van der Waals surface area contributed by atoms with Crippen molar-refractivity contribution in [1.82, 2.24) is 4.90 Å². The maximum Gasteiger partial charge on any atom is 0.165 e. The van der Waals surface area contributed by atoms with Crippen LogP contribution in [0.15, 0.2) is 48.5 Å². The van der Waals surface area contributed by atoms with Gasteiger partial charge in [-0.15, -0.1) is 0 Å². The third-order valence-electron chi connectivity index (χ3n) is 5.52. The zero-order valence-electron chi connectivity index (χ0n) is 15.5. The number of carbonyl (C=O) groups excluding carboxylic acids is 1. The highest BCUT2D eigenvalue weighted by Crippen LogP contribution is 2.33. The molecule has 1 aliphatic rings. The first kappa shape index (κ1) is 19.6. The van der Waals surface area contributed by atoms with Crippen molar-refractivity contribution in [3.05, 3.63) is 71.3 Å². The molecule has 1 atom stereocenters. The van der Waals surface area contributed by atoms with Crippen molar-refractivity contribution in [1.29, 1.82) is 0 Å². The van der Waals surface area contributed by atoms with E-state index < -0.39 is 5.60 Å². The van der Waals surface area contributed by atoms with Crippen LogP contribution in [0.4, 0.5) is 8.78 Å². The molecule has 0 saturated carbocycles. The second-order valence-electron chi connectivity index (χ2n) is 7.44. The van der Waals surface area contributed by atoms with Gasteiger partial charge < -0.3 is 10.0 Å². The SMILES string of the molecule is CC(CCN1CCC(O)(c2ccc(F)cc2)CC1)C(=O)c1ccc(F)cc1. The van der Waals surface area contributed by atoms with Crippen molar-refractivity contribution >= 4 is 5.78 Å². The summed E-state index contributed by atoms with van der Waals surface area (Å²) in [7, 11) is 0. The summed E-state index contributed by atoms with van der Waals surface area (Å²) in [4.78, 5) is 14.7. The summed E-state index contributed by atoms with van der Waals surface area (Å²) in [5.74, 6) is -0.774. The molecule has 2 aromatic carbocycles. The number of ketones is 1. The smallest absolute Gasteiger partial charge is 0.165 e. The van der Waals surface area contributed by atoms with Gasteiger partial charge in [-0.1, -0.05) is 19.1 Å². The predicted molar refractivity (Wildman–Crippen MR) is 100 cm³/mol. The number of carbonyl (C=O) groups is 1. The highest BCUT2D eigenvalue weighted by Gasteiger charge is 2.34. The number of halogens is 2. The first-order chi connectivity index (χ1) is 12.9. The molecule has 0 aliphatic carbocycles. The third kappa shape index (κ3) is 4.79. The second-order valence-corrected chi connectivity index (χ2v) is 7.44. The van der Waals surface area contributed by atoms with Crippen LogP contribution in [-0.4, -0.2) is 35.4 Å². The van der Waals surface area contributed by atoms with E-state index in [4.69, 9.17) is 0 Å². The van der Waals surface area contributed by atoms with Crippen LogP contribution in [0.2, 0.25) is 0 Å². The Labute approximate surface area is 158 Å². The number of hydrogen-bond acceptors (Lipinski definition) is 3. The summed E-state index contributed by atoms with van der Waals surface area (Å²) < 4.78 is 26.1. The van der Waals surface area contributed by atoms with Gasteiger partial charge in [0.1, 0.15) is 11.6 Å². The Kier molecular flexibility index (Phi) is 6.02. The molecule has 1 fully saturated rings. The molecule has 1 aliphatic heterocycles. The lowest BCUT2D eigenvalue weighted by Gasteiger charge is -2.38. The lowest BCUT2D eigenvalue weighted by Crippen LogP contribution is -2.43. The van der Waals surface area contributed by atoms with E-state index >= 15 is 0 Å². The monoisotopic (exact) mass is 373 g/mol. The van der Waals surface area contributed by atoms with Crippen molar-refractivity contribution in [2.24, 2.45) is 5.92 Å². The van der Waals surface area contributed by atoms with E-state index in [1.807, 2.05) is 6.92 Å². The number of hydrogen-bond donors (Lipinski definition) is 1. The number of likely N-dealkylation sites (tertiary alicyclic amines) is 1. The standard InChI is InChI=1S/C22H25F2NO2/c1-16(21(26)17-2-6-19(23)7-3-17)10-13-25-14-11-22(27,12-15-25)18-4-8-20(24)9-5-18/h2-9,16,27H,10-15H2,1H3. The van der Waals surface area contributed by atoms with Crippen LogP contribution in [0.1, 0.15) is 42.1 Å². The number of benzene rings is 2. The van der Waals surface area contributed by atoms with E-state index in [0.29, 0.717) is 24.8 Å². The number of aliphatic hydroxyl groups is 1. The minimum atomic E-state index is -0.917. The van der Waals surface area contributed by atoms with Crippen LogP contribution in [-0.2, 0) is 5.60 Å². The van der Waals surface area contributed by atoms with Gasteiger partial charge in [0, 0.05) is 24.6 Å². The molecule has 0 bridgehead atoms. The van der Waals surface area contributed by atoms with E-state index in [1.54, 1.807) is 12.1 Å². The molecular weight excluding hydrogens is 348 g/mol. The summed E-state index contributed by atoms with van der Waals surface area (Å²) in [5.41, 5.74) is 0.372. The van der Waals surface area contributed by atoms with Gasteiger partial charge in [0.15, 0.2) is 5.78 Å². The van der Waals surface area contributed by atoms with E-state index in [-0.39, 0.29) is 23.3 Å². The third-order valence-corrected chi connectivity index (χ3v) is 5.52. The minimum Gasteiger partial charge on any atom is -0.385 e. The van der Waals surface area contributed by atoms with Crippen LogP contribution >= 0.6 is 0 Å². The van der Waals surface area contributed by atoms with Crippen LogP contribution < -0.4 is 0 Å². The number of nitrogens with zero attached hydrogens (tertiary/aromatic N) is 1. The van der Waals surface area contributed by atoms with Crippen molar-refractivity contribution < 1.29 is 18.7 Å². The van der Waals surface area contributed by atoms with Crippen LogP contribution in [0, 0.1) is 17.6 Å². The van der Waals surface area contributed by atoms with Crippen LogP contribution in [0.5, 0.6) is 0 Å². The zero-order valence-corrected chi connectivity index (χ0v) is 15.5. The molecule has 0 radical (unpaired) electrons. The molecule has 27 heavy (non-hydrogen) atoms. The van der Waals surface area contributed by atoms with E-state index in [9.17, 15) is 18.7 Å². The number of rotatable bonds is 6. The first-order valence-electron chi connectivity index (χ1n) is 9.38. The molecule has 1 heterocycles. The molecule has 1 N–H and O–H groups in total. The van der Waals surface area contributed by atoms with Crippen molar-refractivity contribution in [3.63, 3.8) is 0 Å². The number of Topliss-reactive ketones (excluding diaryl/α,β-unsaturated/α-hetero) is 1. The number of piperidine rings is 1. The fourth-order valence-electron chi connectivity index (χ4n) is 3.60. The Hall–Kier alpha value is -2.11. The van der Waals surface area contributed by atoms with Crippen LogP contribution in [0.25, 0.3) is 0 Å². The molecule has 0 aromatic heterocycles. The van der Waals surface area contributed by atoms with Gasteiger partial charge in [-0.3, -0.25) is 4.79 Å². The predicted octanol–water partition coefficient (Wildman–Crippen LogP) is 4.16. The van der Waals surface area contributed by atoms with E-state index in [0.717, 1.165) is 25.2 Å². The molecule has 1 saturated heterocycles. The average molecular weight is 373 g/mol. The van der Waals surface area contributed by atoms with Crippen molar-refractivity contribution in [2.45, 2.75) is 31.8 Å². The Balaban J connectivity index is 1.49. The summed E-state index contributed by atoms with van der Waals surface area (Å²) >= 11 is 0. The quantitative estimate of drug-likeness (QED) is 0.773. The lowest BCUT2D eigenvalue weighted by molar-refractivity contribution is -0.0265. The highest BCUT2D eigenvalue weighted by atomic mass is 19.1. The fraction of sp³-hybridized carbons (Fsp3) is 0.409. The molecule has 0 amide bonds. The van der Waals surface area contributed by atoms with Crippen LogP contribution in [0.3, 0.4) is 0 Å². The molecule has 5 heteroatoms.